The highest BCUT2D eigenvalue weighted by atomic mass is 35.5. The van der Waals surface area contributed by atoms with E-state index in [2.05, 4.69) is 35.3 Å². The van der Waals surface area contributed by atoms with Gasteiger partial charge in [-0.25, -0.2) is 0 Å². The van der Waals surface area contributed by atoms with Crippen LogP contribution in [-0.2, 0) is 6.42 Å². The number of thiocarbonyl (C=S) groups is 1. The highest BCUT2D eigenvalue weighted by molar-refractivity contribution is 7.80. The molecule has 114 valence electrons. The second-order valence-electron chi connectivity index (χ2n) is 5.48. The molecule has 0 saturated heterocycles. The van der Waals surface area contributed by atoms with E-state index in [9.17, 15) is 0 Å². The highest BCUT2D eigenvalue weighted by Gasteiger charge is 2.20. The lowest BCUT2D eigenvalue weighted by atomic mass is 10.00. The molecular weight excluding hydrogens is 335 g/mol. The maximum absolute atomic E-state index is 6.04. The molecule has 0 amide bonds. The molecule has 1 heterocycles. The molecule has 3 rings (SSSR count). The molecule has 5 heteroatoms. The third kappa shape index (κ3) is 3.37. The first-order valence-electron chi connectivity index (χ1n) is 7.17. The van der Waals surface area contributed by atoms with Crippen molar-refractivity contribution < 1.29 is 0 Å². The molecule has 1 N–H and O–H groups in total. The summed E-state index contributed by atoms with van der Waals surface area (Å²) in [6.07, 6.45) is 2.19. The van der Waals surface area contributed by atoms with Crippen molar-refractivity contribution in [2.75, 3.05) is 16.8 Å². The van der Waals surface area contributed by atoms with Gasteiger partial charge in [0.2, 0.25) is 0 Å². The molecule has 0 saturated carbocycles. The van der Waals surface area contributed by atoms with Crippen LogP contribution in [0.25, 0.3) is 0 Å². The van der Waals surface area contributed by atoms with E-state index in [4.69, 9.17) is 35.4 Å². The minimum Gasteiger partial charge on any atom is -0.332 e. The van der Waals surface area contributed by atoms with E-state index >= 15 is 0 Å². The molecule has 0 atom stereocenters. The van der Waals surface area contributed by atoms with Crippen molar-refractivity contribution in [3.05, 3.63) is 57.6 Å². The van der Waals surface area contributed by atoms with Gasteiger partial charge in [-0.3, -0.25) is 0 Å². The van der Waals surface area contributed by atoms with Gasteiger partial charge < -0.3 is 10.2 Å². The maximum Gasteiger partial charge on any atom is 0.177 e. The van der Waals surface area contributed by atoms with E-state index in [-0.39, 0.29) is 0 Å². The van der Waals surface area contributed by atoms with Gasteiger partial charge in [-0.15, -0.1) is 0 Å². The average Bonchev–Trinajstić information content (AvgIpc) is 2.45. The molecule has 0 fully saturated rings. The van der Waals surface area contributed by atoms with Crippen LogP contribution in [0.15, 0.2) is 36.4 Å². The lowest BCUT2D eigenvalue weighted by molar-refractivity contribution is 0.780. The first kappa shape index (κ1) is 15.6. The highest BCUT2D eigenvalue weighted by Crippen LogP contribution is 2.29. The summed E-state index contributed by atoms with van der Waals surface area (Å²) >= 11 is 17.7. The standard InChI is InChI=1S/C17H16Cl2N2S/c1-11-4-5-16-12(7-11)3-2-6-21(16)17(22)20-15-9-13(18)8-14(19)10-15/h4-5,7-10H,2-3,6H2,1H3,(H,20,22). The number of hydrogen-bond acceptors (Lipinski definition) is 1. The molecule has 0 unspecified atom stereocenters. The Labute approximate surface area is 146 Å². The number of anilines is 2. The number of fused-ring (bicyclic) bond motifs is 1. The van der Waals surface area contributed by atoms with Gasteiger partial charge in [0.15, 0.2) is 5.11 Å². The molecule has 1 aliphatic rings. The second kappa shape index (κ2) is 6.45. The van der Waals surface area contributed by atoms with Crippen LogP contribution in [-0.4, -0.2) is 11.7 Å². The molecule has 1 aliphatic heterocycles. The van der Waals surface area contributed by atoms with Crippen LogP contribution in [0.1, 0.15) is 17.5 Å². The number of hydrogen-bond donors (Lipinski definition) is 1. The van der Waals surface area contributed by atoms with Gasteiger partial charge in [0.05, 0.1) is 0 Å². The minimum atomic E-state index is 0.590. The monoisotopic (exact) mass is 350 g/mol. The zero-order chi connectivity index (χ0) is 15.7. The molecule has 22 heavy (non-hydrogen) atoms. The normalized spacial score (nSPS) is 13.7. The summed E-state index contributed by atoms with van der Waals surface area (Å²) in [7, 11) is 0. The third-order valence-corrected chi connectivity index (χ3v) is 4.47. The van der Waals surface area contributed by atoms with Crippen LogP contribution >= 0.6 is 35.4 Å². The predicted molar refractivity (Wildman–Crippen MR) is 99.5 cm³/mol. The Morgan fingerprint density at radius 3 is 2.59 bits per heavy atom. The summed E-state index contributed by atoms with van der Waals surface area (Å²) in [5.74, 6) is 0. The quantitative estimate of drug-likeness (QED) is 0.688. The Morgan fingerprint density at radius 2 is 1.86 bits per heavy atom. The summed E-state index contributed by atoms with van der Waals surface area (Å²) in [5.41, 5.74) is 4.62. The zero-order valence-electron chi connectivity index (χ0n) is 12.2. The van der Waals surface area contributed by atoms with E-state index < -0.39 is 0 Å². The van der Waals surface area contributed by atoms with Crippen LogP contribution in [0, 0.1) is 6.92 Å². The molecule has 0 aromatic heterocycles. The van der Waals surface area contributed by atoms with Crippen molar-refractivity contribution in [3.8, 4) is 0 Å². The Balaban J connectivity index is 1.84. The lowest BCUT2D eigenvalue weighted by Crippen LogP contribution is -2.38. The molecule has 0 spiro atoms. The lowest BCUT2D eigenvalue weighted by Gasteiger charge is -2.32. The Hall–Kier alpha value is -1.29. The Bertz CT molecular complexity index is 710. The van der Waals surface area contributed by atoms with Gasteiger partial charge in [-0.1, -0.05) is 40.9 Å². The van der Waals surface area contributed by atoms with Gasteiger partial charge in [0.1, 0.15) is 0 Å². The van der Waals surface area contributed by atoms with Crippen LogP contribution in [0.5, 0.6) is 0 Å². The van der Waals surface area contributed by atoms with E-state index in [1.54, 1.807) is 6.07 Å². The molecule has 0 aliphatic carbocycles. The molecule has 2 aromatic rings. The van der Waals surface area contributed by atoms with Gasteiger partial charge in [-0.2, -0.15) is 0 Å². The first-order valence-corrected chi connectivity index (χ1v) is 8.33. The van der Waals surface area contributed by atoms with Crippen molar-refractivity contribution >= 4 is 51.9 Å². The zero-order valence-corrected chi connectivity index (χ0v) is 14.5. The summed E-state index contributed by atoms with van der Waals surface area (Å²) in [4.78, 5) is 2.14. The van der Waals surface area contributed by atoms with Crippen LogP contribution < -0.4 is 10.2 Å². The van der Waals surface area contributed by atoms with Crippen molar-refractivity contribution in [3.63, 3.8) is 0 Å². The number of benzene rings is 2. The SMILES string of the molecule is Cc1ccc2c(c1)CCCN2C(=S)Nc1cc(Cl)cc(Cl)c1. The van der Waals surface area contributed by atoms with E-state index in [0.29, 0.717) is 15.2 Å². The van der Waals surface area contributed by atoms with E-state index in [1.165, 1.54) is 16.8 Å². The van der Waals surface area contributed by atoms with Crippen molar-refractivity contribution in [2.45, 2.75) is 19.8 Å². The fourth-order valence-corrected chi connectivity index (χ4v) is 3.59. The minimum absolute atomic E-state index is 0.590. The Morgan fingerprint density at radius 1 is 1.14 bits per heavy atom. The largest absolute Gasteiger partial charge is 0.332 e. The van der Waals surface area contributed by atoms with Crippen molar-refractivity contribution in [2.24, 2.45) is 0 Å². The van der Waals surface area contributed by atoms with Gasteiger partial charge >= 0.3 is 0 Å². The first-order chi connectivity index (χ1) is 10.5. The van der Waals surface area contributed by atoms with E-state index in [0.717, 1.165) is 25.1 Å². The van der Waals surface area contributed by atoms with Gasteiger partial charge in [0.25, 0.3) is 0 Å². The smallest absolute Gasteiger partial charge is 0.177 e. The molecular formula is C17H16Cl2N2S. The fourth-order valence-electron chi connectivity index (χ4n) is 2.75. The summed E-state index contributed by atoms with van der Waals surface area (Å²) < 4.78 is 0. The van der Waals surface area contributed by atoms with Gasteiger partial charge in [0, 0.05) is 28.0 Å². The number of nitrogens with zero attached hydrogens (tertiary/aromatic N) is 1. The fraction of sp³-hybridized carbons (Fsp3) is 0.235. The third-order valence-electron chi connectivity index (χ3n) is 3.71. The average molecular weight is 351 g/mol. The van der Waals surface area contributed by atoms with Crippen LogP contribution in [0.4, 0.5) is 11.4 Å². The predicted octanol–water partition coefficient (Wildman–Crippen LogP) is 5.45. The molecule has 0 radical (unpaired) electrons. The summed E-state index contributed by atoms with van der Waals surface area (Å²) in [6.45, 7) is 3.03. The van der Waals surface area contributed by atoms with Crippen molar-refractivity contribution in [1.29, 1.82) is 0 Å². The summed E-state index contributed by atoms with van der Waals surface area (Å²) in [6, 6.07) is 11.8. The summed E-state index contributed by atoms with van der Waals surface area (Å²) in [5, 5.41) is 5.09. The number of halogens is 2. The molecule has 2 aromatic carbocycles. The number of aryl methyl sites for hydroxylation is 2. The Kier molecular flexibility index (Phi) is 4.57. The topological polar surface area (TPSA) is 15.3 Å². The second-order valence-corrected chi connectivity index (χ2v) is 6.74. The van der Waals surface area contributed by atoms with Crippen LogP contribution in [0.3, 0.4) is 0 Å². The van der Waals surface area contributed by atoms with Gasteiger partial charge in [-0.05, 0) is 61.8 Å². The van der Waals surface area contributed by atoms with E-state index in [1.807, 2.05) is 12.1 Å². The number of rotatable bonds is 1. The molecule has 0 bridgehead atoms. The number of nitrogens with one attached hydrogen (secondary N) is 1. The van der Waals surface area contributed by atoms with Crippen LogP contribution in [0.2, 0.25) is 10.0 Å². The van der Waals surface area contributed by atoms with Crippen molar-refractivity contribution in [1.82, 2.24) is 0 Å². The maximum atomic E-state index is 6.04. The molecule has 2 nitrogen and oxygen atoms in total.